The van der Waals surface area contributed by atoms with Crippen molar-refractivity contribution in [2.45, 2.75) is 46.0 Å². The van der Waals surface area contributed by atoms with E-state index in [0.717, 1.165) is 28.9 Å². The first kappa shape index (κ1) is 19.2. The highest BCUT2D eigenvalue weighted by atomic mass is 16.2. The monoisotopic (exact) mass is 364 g/mol. The molecule has 0 aliphatic heterocycles. The second-order valence-electron chi connectivity index (χ2n) is 8.23. The van der Waals surface area contributed by atoms with E-state index in [4.69, 9.17) is 0 Å². The van der Waals surface area contributed by atoms with Crippen LogP contribution in [0, 0.1) is 11.8 Å². The molecule has 3 rings (SSSR count). The molecule has 1 aliphatic rings. The molecule has 0 radical (unpaired) electrons. The van der Waals surface area contributed by atoms with E-state index in [1.54, 1.807) is 0 Å². The van der Waals surface area contributed by atoms with Gasteiger partial charge >= 0.3 is 0 Å². The number of carbonyl (C=O) groups excluding carboxylic acids is 2. The number of rotatable bonds is 5. The quantitative estimate of drug-likeness (QED) is 0.803. The molecule has 2 aromatic carbocycles. The van der Waals surface area contributed by atoms with Gasteiger partial charge in [0.2, 0.25) is 11.8 Å². The number of para-hydroxylation sites is 2. The molecule has 4 heteroatoms. The highest BCUT2D eigenvalue weighted by molar-refractivity contribution is 6.03. The highest BCUT2D eigenvalue weighted by Crippen LogP contribution is 2.41. The number of carbonyl (C=O) groups is 2. The summed E-state index contributed by atoms with van der Waals surface area (Å²) in [6.45, 7) is 8.43. The van der Waals surface area contributed by atoms with Gasteiger partial charge in [0.25, 0.3) is 0 Å². The number of nitrogens with one attached hydrogen (secondary N) is 2. The van der Waals surface area contributed by atoms with Gasteiger partial charge in [0.15, 0.2) is 0 Å². The van der Waals surface area contributed by atoms with Crippen LogP contribution >= 0.6 is 0 Å². The Labute approximate surface area is 161 Å². The third-order valence-corrected chi connectivity index (χ3v) is 5.11. The molecule has 2 amide bonds. The molecule has 0 bridgehead atoms. The molecule has 4 nitrogen and oxygen atoms in total. The summed E-state index contributed by atoms with van der Waals surface area (Å²) >= 11 is 0. The zero-order valence-electron chi connectivity index (χ0n) is 16.5. The van der Waals surface area contributed by atoms with Crippen molar-refractivity contribution in [3.63, 3.8) is 0 Å². The van der Waals surface area contributed by atoms with Gasteiger partial charge in [0, 0.05) is 11.4 Å². The Bertz CT molecular complexity index is 851. The Balaban J connectivity index is 1.64. The molecule has 2 unspecified atom stereocenters. The zero-order chi connectivity index (χ0) is 19.6. The van der Waals surface area contributed by atoms with Crippen LogP contribution in [0.25, 0.3) is 0 Å². The second kappa shape index (κ2) is 7.55. The van der Waals surface area contributed by atoms with E-state index in [1.807, 2.05) is 48.5 Å². The molecule has 1 aliphatic carbocycles. The fraction of sp³-hybridized carbons (Fsp3) is 0.391. The Kier molecular flexibility index (Phi) is 5.36. The van der Waals surface area contributed by atoms with E-state index in [9.17, 15) is 9.59 Å². The van der Waals surface area contributed by atoms with Crippen molar-refractivity contribution >= 4 is 23.2 Å². The molecule has 2 aromatic rings. The topological polar surface area (TPSA) is 58.2 Å². The molecule has 2 atom stereocenters. The number of benzene rings is 2. The highest BCUT2D eigenvalue weighted by Gasteiger charge is 2.48. The number of amides is 2. The number of anilines is 2. The Morgan fingerprint density at radius 2 is 1.41 bits per heavy atom. The minimum absolute atomic E-state index is 0.0614. The van der Waals surface area contributed by atoms with Crippen LogP contribution in [0.2, 0.25) is 0 Å². The van der Waals surface area contributed by atoms with E-state index in [0.29, 0.717) is 6.42 Å². The first-order chi connectivity index (χ1) is 12.8. The summed E-state index contributed by atoms with van der Waals surface area (Å²) in [5.41, 5.74) is 3.81. The van der Waals surface area contributed by atoms with Crippen LogP contribution in [0.5, 0.6) is 0 Å². The average Bonchev–Trinajstić information content (AvgIpc) is 3.43. The summed E-state index contributed by atoms with van der Waals surface area (Å²) < 4.78 is 0. The molecule has 1 saturated carbocycles. The first-order valence-corrected chi connectivity index (χ1v) is 9.60. The molecular formula is C23H28N2O2. The van der Waals surface area contributed by atoms with Crippen LogP contribution in [-0.4, -0.2) is 11.8 Å². The van der Waals surface area contributed by atoms with Gasteiger partial charge in [0.05, 0.1) is 11.8 Å². The largest absolute Gasteiger partial charge is 0.326 e. The summed E-state index contributed by atoms with van der Waals surface area (Å²) in [4.78, 5) is 25.2. The van der Waals surface area contributed by atoms with Gasteiger partial charge < -0.3 is 10.6 Å². The van der Waals surface area contributed by atoms with Crippen LogP contribution in [0.15, 0.2) is 48.5 Å². The van der Waals surface area contributed by atoms with Gasteiger partial charge in [-0.3, -0.25) is 9.59 Å². The lowest BCUT2D eigenvalue weighted by Crippen LogP contribution is -2.23. The Hall–Kier alpha value is -2.62. The predicted octanol–water partition coefficient (Wildman–Crippen LogP) is 4.76. The number of hydrogen-bond acceptors (Lipinski definition) is 2. The van der Waals surface area contributed by atoms with E-state index in [2.05, 4.69) is 38.3 Å². The number of hydrogen-bond donors (Lipinski definition) is 2. The Morgan fingerprint density at radius 1 is 0.889 bits per heavy atom. The average molecular weight is 364 g/mol. The van der Waals surface area contributed by atoms with Crippen LogP contribution in [0.1, 0.15) is 45.2 Å². The smallest absolute Gasteiger partial charge is 0.228 e. The van der Waals surface area contributed by atoms with Crippen LogP contribution in [0.4, 0.5) is 11.4 Å². The van der Waals surface area contributed by atoms with Crippen molar-refractivity contribution in [2.75, 3.05) is 10.6 Å². The molecule has 0 saturated heterocycles. The molecule has 0 aromatic heterocycles. The summed E-state index contributed by atoms with van der Waals surface area (Å²) in [7, 11) is 0. The zero-order valence-corrected chi connectivity index (χ0v) is 16.5. The SMILES string of the molecule is CCc1ccccc1NC(=O)C1CC1C(=O)Nc1ccccc1C(C)(C)C. The van der Waals surface area contributed by atoms with Crippen molar-refractivity contribution in [3.05, 3.63) is 59.7 Å². The van der Waals surface area contributed by atoms with Crippen molar-refractivity contribution in [3.8, 4) is 0 Å². The van der Waals surface area contributed by atoms with Crippen molar-refractivity contribution in [1.29, 1.82) is 0 Å². The minimum atomic E-state index is -0.258. The van der Waals surface area contributed by atoms with Crippen molar-refractivity contribution in [2.24, 2.45) is 11.8 Å². The maximum absolute atomic E-state index is 12.7. The third-order valence-electron chi connectivity index (χ3n) is 5.11. The van der Waals surface area contributed by atoms with Crippen LogP contribution in [-0.2, 0) is 21.4 Å². The van der Waals surface area contributed by atoms with Crippen molar-refractivity contribution in [1.82, 2.24) is 0 Å². The van der Waals surface area contributed by atoms with E-state index in [-0.39, 0.29) is 29.1 Å². The molecule has 1 fully saturated rings. The van der Waals surface area contributed by atoms with E-state index in [1.165, 1.54) is 0 Å². The second-order valence-corrected chi connectivity index (χ2v) is 8.23. The predicted molar refractivity (Wildman–Crippen MR) is 110 cm³/mol. The van der Waals surface area contributed by atoms with Crippen molar-refractivity contribution < 1.29 is 9.59 Å². The molecule has 0 spiro atoms. The van der Waals surface area contributed by atoms with Gasteiger partial charge in [-0.05, 0) is 41.5 Å². The summed E-state index contributed by atoms with van der Waals surface area (Å²) in [5, 5.41) is 6.02. The van der Waals surface area contributed by atoms with Crippen LogP contribution in [0.3, 0.4) is 0 Å². The fourth-order valence-electron chi connectivity index (χ4n) is 3.42. The first-order valence-electron chi connectivity index (χ1n) is 9.60. The maximum atomic E-state index is 12.7. The van der Waals surface area contributed by atoms with Gasteiger partial charge in [-0.15, -0.1) is 0 Å². The molecule has 0 heterocycles. The molecule has 27 heavy (non-hydrogen) atoms. The maximum Gasteiger partial charge on any atom is 0.228 e. The van der Waals surface area contributed by atoms with E-state index >= 15 is 0 Å². The fourth-order valence-corrected chi connectivity index (χ4v) is 3.42. The Morgan fingerprint density at radius 3 is 2.00 bits per heavy atom. The van der Waals surface area contributed by atoms with Gasteiger partial charge in [-0.2, -0.15) is 0 Å². The third kappa shape index (κ3) is 4.38. The lowest BCUT2D eigenvalue weighted by molar-refractivity contribution is -0.122. The minimum Gasteiger partial charge on any atom is -0.326 e. The number of aryl methyl sites for hydroxylation is 1. The van der Waals surface area contributed by atoms with Gasteiger partial charge in [-0.25, -0.2) is 0 Å². The molecule has 142 valence electrons. The molecular weight excluding hydrogens is 336 g/mol. The molecule has 2 N–H and O–H groups in total. The van der Waals surface area contributed by atoms with Gasteiger partial charge in [-0.1, -0.05) is 64.1 Å². The standard InChI is InChI=1S/C23H28N2O2/c1-5-15-10-6-8-12-19(15)24-21(26)16-14-17(16)22(27)25-20-13-9-7-11-18(20)23(2,3)4/h6-13,16-17H,5,14H2,1-4H3,(H,24,26)(H,25,27). The van der Waals surface area contributed by atoms with Crippen LogP contribution < -0.4 is 10.6 Å². The summed E-state index contributed by atoms with van der Waals surface area (Å²) in [5.74, 6) is -0.653. The summed E-state index contributed by atoms with van der Waals surface area (Å²) in [6, 6.07) is 15.7. The lowest BCUT2D eigenvalue weighted by Gasteiger charge is -2.23. The summed E-state index contributed by atoms with van der Waals surface area (Å²) in [6.07, 6.45) is 1.46. The van der Waals surface area contributed by atoms with Gasteiger partial charge in [0.1, 0.15) is 0 Å². The van der Waals surface area contributed by atoms with E-state index < -0.39 is 0 Å². The lowest BCUT2D eigenvalue weighted by atomic mass is 9.86. The normalized spacial score (nSPS) is 18.7.